The van der Waals surface area contributed by atoms with Gasteiger partial charge < -0.3 is 21.1 Å². The lowest BCUT2D eigenvalue weighted by Gasteiger charge is -2.20. The second kappa shape index (κ2) is 9.42. The molecule has 0 aliphatic heterocycles. The number of benzene rings is 1. The highest BCUT2D eigenvalue weighted by molar-refractivity contribution is 9.10. The summed E-state index contributed by atoms with van der Waals surface area (Å²) < 4.78 is 0.916. The molecule has 0 aliphatic carbocycles. The van der Waals surface area contributed by atoms with Gasteiger partial charge in [0.25, 0.3) is 0 Å². The summed E-state index contributed by atoms with van der Waals surface area (Å²) in [6.45, 7) is 3.98. The van der Waals surface area contributed by atoms with Crippen LogP contribution in [0.15, 0.2) is 28.7 Å². The third-order valence-electron chi connectivity index (χ3n) is 2.84. The number of rotatable bonds is 7. The monoisotopic (exact) mass is 371 g/mol. The quantitative estimate of drug-likeness (QED) is 0.591. The number of amides is 3. The number of hydrogen-bond donors (Lipinski definition) is 4. The Bertz CT molecular complexity index is 491. The van der Waals surface area contributed by atoms with E-state index in [9.17, 15) is 9.59 Å². The highest BCUT2D eigenvalue weighted by Crippen LogP contribution is 2.14. The first-order chi connectivity index (χ1) is 10.4. The number of hydrogen-bond acceptors (Lipinski definition) is 3. The van der Waals surface area contributed by atoms with Gasteiger partial charge in [0.2, 0.25) is 5.91 Å². The van der Waals surface area contributed by atoms with Crippen LogP contribution in [0.25, 0.3) is 0 Å². The molecule has 0 bridgehead atoms. The van der Waals surface area contributed by atoms with Gasteiger partial charge in [-0.3, -0.25) is 4.79 Å². The van der Waals surface area contributed by atoms with Crippen molar-refractivity contribution in [2.45, 2.75) is 26.3 Å². The first-order valence-corrected chi connectivity index (χ1v) is 7.93. The SMILES string of the molecule is CC(C)C[C@H](NC(=O)Nc1ccc(Br)cc1)C(=O)NCCO. The number of nitrogens with one attached hydrogen (secondary N) is 3. The minimum atomic E-state index is -0.637. The summed E-state index contributed by atoms with van der Waals surface area (Å²) in [5, 5.41) is 16.7. The Hall–Kier alpha value is -1.60. The summed E-state index contributed by atoms with van der Waals surface area (Å²) in [4.78, 5) is 24.0. The Morgan fingerprint density at radius 1 is 1.23 bits per heavy atom. The van der Waals surface area contributed by atoms with Crippen LogP contribution in [0.2, 0.25) is 0 Å². The lowest BCUT2D eigenvalue weighted by Crippen LogP contribution is -2.49. The van der Waals surface area contributed by atoms with Gasteiger partial charge in [0, 0.05) is 16.7 Å². The summed E-state index contributed by atoms with van der Waals surface area (Å²) in [6.07, 6.45) is 0.519. The van der Waals surface area contributed by atoms with E-state index in [2.05, 4.69) is 31.9 Å². The van der Waals surface area contributed by atoms with E-state index in [1.54, 1.807) is 12.1 Å². The van der Waals surface area contributed by atoms with Gasteiger partial charge in [0.1, 0.15) is 6.04 Å². The van der Waals surface area contributed by atoms with Crippen LogP contribution in [0, 0.1) is 5.92 Å². The van der Waals surface area contributed by atoms with Gasteiger partial charge in [0.15, 0.2) is 0 Å². The average molecular weight is 372 g/mol. The van der Waals surface area contributed by atoms with Crippen molar-refractivity contribution in [3.63, 3.8) is 0 Å². The molecule has 1 rings (SSSR count). The van der Waals surface area contributed by atoms with E-state index in [4.69, 9.17) is 5.11 Å². The van der Waals surface area contributed by atoms with Gasteiger partial charge in [-0.15, -0.1) is 0 Å². The zero-order valence-corrected chi connectivity index (χ0v) is 14.3. The van der Waals surface area contributed by atoms with Crippen molar-refractivity contribution in [1.82, 2.24) is 10.6 Å². The largest absolute Gasteiger partial charge is 0.395 e. The van der Waals surface area contributed by atoms with Crippen molar-refractivity contribution in [1.29, 1.82) is 0 Å². The number of carbonyl (C=O) groups is 2. The van der Waals surface area contributed by atoms with Crippen LogP contribution >= 0.6 is 15.9 Å². The van der Waals surface area contributed by atoms with Gasteiger partial charge in [0.05, 0.1) is 6.61 Å². The maximum atomic E-state index is 12.0. The molecule has 1 atom stereocenters. The van der Waals surface area contributed by atoms with Crippen LogP contribution < -0.4 is 16.0 Å². The Morgan fingerprint density at radius 3 is 2.41 bits per heavy atom. The topological polar surface area (TPSA) is 90.5 Å². The first-order valence-electron chi connectivity index (χ1n) is 7.14. The van der Waals surface area contributed by atoms with Crippen LogP contribution in [0.4, 0.5) is 10.5 Å². The number of urea groups is 1. The fourth-order valence-corrected chi connectivity index (χ4v) is 2.13. The molecule has 0 saturated carbocycles. The maximum absolute atomic E-state index is 12.0. The van der Waals surface area contributed by atoms with Crippen LogP contribution in [-0.4, -0.2) is 36.2 Å². The van der Waals surface area contributed by atoms with Gasteiger partial charge >= 0.3 is 6.03 Å². The van der Waals surface area contributed by atoms with Crippen LogP contribution in [0.1, 0.15) is 20.3 Å². The van der Waals surface area contributed by atoms with Gasteiger partial charge in [-0.25, -0.2) is 4.79 Å². The predicted octanol–water partition coefficient (Wildman–Crippen LogP) is 2.09. The van der Waals surface area contributed by atoms with Crippen molar-refractivity contribution in [2.24, 2.45) is 5.92 Å². The van der Waals surface area contributed by atoms with Crippen molar-refractivity contribution < 1.29 is 14.7 Å². The second-order valence-corrected chi connectivity index (χ2v) is 6.22. The van der Waals surface area contributed by atoms with Crippen molar-refractivity contribution >= 4 is 33.6 Å². The van der Waals surface area contributed by atoms with Gasteiger partial charge in [-0.1, -0.05) is 29.8 Å². The van der Waals surface area contributed by atoms with E-state index in [1.165, 1.54) is 0 Å². The molecule has 0 aliphatic rings. The molecule has 0 fully saturated rings. The minimum absolute atomic E-state index is 0.134. The van der Waals surface area contributed by atoms with Crippen LogP contribution in [0.5, 0.6) is 0 Å². The van der Waals surface area contributed by atoms with Crippen molar-refractivity contribution in [3.8, 4) is 0 Å². The molecule has 0 unspecified atom stereocenters. The number of halogens is 1. The average Bonchev–Trinajstić information content (AvgIpc) is 2.46. The molecular weight excluding hydrogens is 350 g/mol. The molecular formula is C15H22BrN3O3. The van der Waals surface area contributed by atoms with E-state index in [-0.39, 0.29) is 25.0 Å². The summed E-state index contributed by atoms with van der Waals surface area (Å²) in [6, 6.07) is 6.07. The van der Waals surface area contributed by atoms with E-state index in [0.717, 1.165) is 4.47 Å². The first kappa shape index (κ1) is 18.4. The summed E-state index contributed by atoms with van der Waals surface area (Å²) in [5.74, 6) is -0.0495. The molecule has 122 valence electrons. The molecule has 4 N–H and O–H groups in total. The third kappa shape index (κ3) is 6.91. The molecule has 0 aromatic heterocycles. The van der Waals surface area contributed by atoms with Crippen LogP contribution in [-0.2, 0) is 4.79 Å². The highest BCUT2D eigenvalue weighted by atomic mass is 79.9. The maximum Gasteiger partial charge on any atom is 0.319 e. The van der Waals surface area contributed by atoms with Crippen molar-refractivity contribution in [3.05, 3.63) is 28.7 Å². The number of aliphatic hydroxyl groups is 1. The smallest absolute Gasteiger partial charge is 0.319 e. The fraction of sp³-hybridized carbons (Fsp3) is 0.467. The lowest BCUT2D eigenvalue weighted by atomic mass is 10.0. The van der Waals surface area contributed by atoms with Crippen LogP contribution in [0.3, 0.4) is 0 Å². The predicted molar refractivity (Wildman–Crippen MR) is 89.6 cm³/mol. The standard InChI is InChI=1S/C15H22BrN3O3/c1-10(2)9-13(14(21)17-7-8-20)19-15(22)18-12-5-3-11(16)4-6-12/h3-6,10,13,20H,7-9H2,1-2H3,(H,17,21)(H2,18,19,22)/t13-/m0/s1. The Morgan fingerprint density at radius 2 is 1.86 bits per heavy atom. The molecule has 6 nitrogen and oxygen atoms in total. The Kier molecular flexibility index (Phi) is 7.90. The van der Waals surface area contributed by atoms with E-state index in [1.807, 2.05) is 26.0 Å². The van der Waals surface area contributed by atoms with Gasteiger partial charge in [-0.2, -0.15) is 0 Å². The van der Waals surface area contributed by atoms with E-state index in [0.29, 0.717) is 12.1 Å². The lowest BCUT2D eigenvalue weighted by molar-refractivity contribution is -0.123. The number of anilines is 1. The van der Waals surface area contributed by atoms with E-state index < -0.39 is 12.1 Å². The third-order valence-corrected chi connectivity index (χ3v) is 3.37. The molecule has 7 heteroatoms. The highest BCUT2D eigenvalue weighted by Gasteiger charge is 2.21. The summed E-state index contributed by atoms with van der Waals surface area (Å²) >= 11 is 3.32. The molecule has 0 spiro atoms. The second-order valence-electron chi connectivity index (χ2n) is 5.30. The van der Waals surface area contributed by atoms with E-state index >= 15 is 0 Å². The molecule has 3 amide bonds. The Balaban J connectivity index is 2.61. The Labute approximate surface area is 138 Å². The molecule has 0 saturated heterocycles. The summed E-state index contributed by atoms with van der Waals surface area (Å²) in [7, 11) is 0. The molecule has 22 heavy (non-hydrogen) atoms. The zero-order valence-electron chi connectivity index (χ0n) is 12.7. The molecule has 0 radical (unpaired) electrons. The molecule has 1 aromatic carbocycles. The van der Waals surface area contributed by atoms with Gasteiger partial charge in [-0.05, 0) is 36.6 Å². The van der Waals surface area contributed by atoms with Crippen molar-refractivity contribution in [2.75, 3.05) is 18.5 Å². The fourth-order valence-electron chi connectivity index (χ4n) is 1.86. The molecule has 1 aromatic rings. The molecule has 0 heterocycles. The number of aliphatic hydroxyl groups excluding tert-OH is 1. The summed E-state index contributed by atoms with van der Waals surface area (Å²) in [5.41, 5.74) is 0.639. The zero-order chi connectivity index (χ0) is 16.5. The minimum Gasteiger partial charge on any atom is -0.395 e. The normalized spacial score (nSPS) is 11.9. The number of carbonyl (C=O) groups excluding carboxylic acids is 2.